The Balaban J connectivity index is 2.09. The Morgan fingerprint density at radius 3 is 2.70 bits per heavy atom. The first-order chi connectivity index (χ1) is 9.55. The molecule has 1 aliphatic rings. The highest BCUT2D eigenvalue weighted by Crippen LogP contribution is 2.36. The van der Waals surface area contributed by atoms with Gasteiger partial charge in [0.1, 0.15) is 0 Å². The van der Waals surface area contributed by atoms with Crippen LogP contribution in [0.3, 0.4) is 0 Å². The summed E-state index contributed by atoms with van der Waals surface area (Å²) in [5, 5.41) is 12.5. The molecule has 1 heterocycles. The number of nitrogens with zero attached hydrogens (tertiary/aromatic N) is 2. The first-order valence-electron chi connectivity index (χ1n) is 7.42. The number of aryl methyl sites for hydroxylation is 1. The lowest BCUT2D eigenvalue weighted by Gasteiger charge is -2.43. The van der Waals surface area contributed by atoms with Crippen LogP contribution in [0.15, 0.2) is 5.38 Å². The predicted octanol–water partition coefficient (Wildman–Crippen LogP) is 3.31. The Morgan fingerprint density at radius 2 is 2.15 bits per heavy atom. The zero-order chi connectivity index (χ0) is 14.6. The summed E-state index contributed by atoms with van der Waals surface area (Å²) in [5.74, 6) is -0.689. The van der Waals surface area contributed by atoms with E-state index in [0.717, 1.165) is 49.4 Å². The van der Waals surface area contributed by atoms with Gasteiger partial charge in [0.05, 0.1) is 17.1 Å². The maximum absolute atomic E-state index is 11.2. The minimum atomic E-state index is -0.689. The molecule has 0 saturated heterocycles. The van der Waals surface area contributed by atoms with E-state index in [1.807, 2.05) is 0 Å². The van der Waals surface area contributed by atoms with Gasteiger partial charge in [-0.1, -0.05) is 26.2 Å². The molecule has 5 heteroatoms. The molecule has 2 rings (SSSR count). The second-order valence-corrected chi connectivity index (χ2v) is 6.74. The van der Waals surface area contributed by atoms with Gasteiger partial charge in [-0.2, -0.15) is 0 Å². The van der Waals surface area contributed by atoms with Crippen LogP contribution in [0, 0.1) is 0 Å². The molecule has 0 radical (unpaired) electrons. The number of aromatic nitrogens is 1. The molecule has 0 bridgehead atoms. The van der Waals surface area contributed by atoms with Crippen LogP contribution in [0.5, 0.6) is 0 Å². The van der Waals surface area contributed by atoms with Crippen molar-refractivity contribution < 1.29 is 9.90 Å². The lowest BCUT2D eigenvalue weighted by Crippen LogP contribution is -2.49. The van der Waals surface area contributed by atoms with Crippen molar-refractivity contribution in [3.8, 4) is 0 Å². The molecule has 0 aromatic carbocycles. The molecule has 0 atom stereocenters. The summed E-state index contributed by atoms with van der Waals surface area (Å²) in [4.78, 5) is 18.1. The molecular formula is C15H24N2O2S. The Morgan fingerprint density at radius 1 is 1.45 bits per heavy atom. The van der Waals surface area contributed by atoms with E-state index in [2.05, 4.69) is 29.2 Å². The van der Waals surface area contributed by atoms with Crippen molar-refractivity contribution in [1.82, 2.24) is 9.88 Å². The van der Waals surface area contributed by atoms with Crippen molar-refractivity contribution in [2.45, 2.75) is 64.0 Å². The van der Waals surface area contributed by atoms with Crippen molar-refractivity contribution in [3.63, 3.8) is 0 Å². The summed E-state index contributed by atoms with van der Waals surface area (Å²) in [7, 11) is 2.05. The number of carboxylic acid groups (broad SMARTS) is 1. The number of rotatable bonds is 6. The highest BCUT2D eigenvalue weighted by Gasteiger charge is 2.38. The molecule has 0 amide bonds. The molecule has 1 fully saturated rings. The van der Waals surface area contributed by atoms with Crippen molar-refractivity contribution in [3.05, 3.63) is 16.1 Å². The normalized spacial score (nSPS) is 18.4. The molecule has 1 saturated carbocycles. The highest BCUT2D eigenvalue weighted by atomic mass is 32.1. The van der Waals surface area contributed by atoms with Crippen molar-refractivity contribution in [2.24, 2.45) is 0 Å². The number of carbonyl (C=O) groups is 1. The van der Waals surface area contributed by atoms with Gasteiger partial charge >= 0.3 is 5.97 Å². The van der Waals surface area contributed by atoms with Crippen molar-refractivity contribution >= 4 is 17.3 Å². The van der Waals surface area contributed by atoms with Gasteiger partial charge in [0.25, 0.3) is 0 Å². The topological polar surface area (TPSA) is 53.4 Å². The standard InChI is InChI=1S/C15H24N2O2S/c1-3-13-16-12(11-20-13)10-17(2)15(9-14(18)19)7-5-4-6-8-15/h11H,3-10H2,1-2H3,(H,18,19). The predicted molar refractivity (Wildman–Crippen MR) is 81.0 cm³/mol. The van der Waals surface area contributed by atoms with E-state index in [1.165, 1.54) is 6.42 Å². The average Bonchev–Trinajstić information content (AvgIpc) is 2.86. The molecule has 0 aliphatic heterocycles. The van der Waals surface area contributed by atoms with Crippen LogP contribution in [0.2, 0.25) is 0 Å². The van der Waals surface area contributed by atoms with Gasteiger partial charge in [-0.05, 0) is 26.3 Å². The first kappa shape index (κ1) is 15.4. The van der Waals surface area contributed by atoms with Crippen molar-refractivity contribution in [2.75, 3.05) is 7.05 Å². The van der Waals surface area contributed by atoms with Gasteiger partial charge in [-0.15, -0.1) is 11.3 Å². The molecule has 1 N–H and O–H groups in total. The molecule has 20 heavy (non-hydrogen) atoms. The fraction of sp³-hybridized carbons (Fsp3) is 0.733. The number of hydrogen-bond acceptors (Lipinski definition) is 4. The molecule has 1 aromatic heterocycles. The van der Waals surface area contributed by atoms with E-state index in [0.29, 0.717) is 0 Å². The maximum atomic E-state index is 11.2. The molecule has 0 unspecified atom stereocenters. The van der Waals surface area contributed by atoms with Crippen LogP contribution < -0.4 is 0 Å². The number of carboxylic acids is 1. The Hall–Kier alpha value is -0.940. The van der Waals surface area contributed by atoms with Crippen LogP contribution in [-0.2, 0) is 17.8 Å². The van der Waals surface area contributed by atoms with Crippen LogP contribution >= 0.6 is 11.3 Å². The van der Waals surface area contributed by atoms with Crippen LogP contribution in [-0.4, -0.2) is 33.5 Å². The smallest absolute Gasteiger partial charge is 0.305 e. The van der Waals surface area contributed by atoms with Gasteiger partial charge in [0, 0.05) is 17.5 Å². The van der Waals surface area contributed by atoms with Crippen LogP contribution in [0.4, 0.5) is 0 Å². The summed E-state index contributed by atoms with van der Waals surface area (Å²) in [6.07, 6.45) is 6.68. The fourth-order valence-electron chi connectivity index (χ4n) is 3.18. The monoisotopic (exact) mass is 296 g/mol. The van der Waals surface area contributed by atoms with E-state index < -0.39 is 5.97 Å². The fourth-order valence-corrected chi connectivity index (χ4v) is 3.92. The molecule has 1 aromatic rings. The van der Waals surface area contributed by atoms with E-state index in [9.17, 15) is 9.90 Å². The van der Waals surface area contributed by atoms with Crippen LogP contribution in [0.1, 0.15) is 56.2 Å². The summed E-state index contributed by atoms with van der Waals surface area (Å²) in [6.45, 7) is 2.86. The highest BCUT2D eigenvalue weighted by molar-refractivity contribution is 7.09. The summed E-state index contributed by atoms with van der Waals surface area (Å²) in [5.41, 5.74) is 0.893. The van der Waals surface area contributed by atoms with E-state index in [4.69, 9.17) is 0 Å². The lowest BCUT2D eigenvalue weighted by molar-refractivity contribution is -0.141. The van der Waals surface area contributed by atoms with Gasteiger partial charge in [0.2, 0.25) is 0 Å². The SMILES string of the molecule is CCc1nc(CN(C)C2(CC(=O)O)CCCCC2)cs1. The van der Waals surface area contributed by atoms with E-state index in [-0.39, 0.29) is 12.0 Å². The Labute approximate surface area is 124 Å². The number of thiazole rings is 1. The first-order valence-corrected chi connectivity index (χ1v) is 8.30. The van der Waals surface area contributed by atoms with E-state index in [1.54, 1.807) is 11.3 Å². The van der Waals surface area contributed by atoms with Crippen LogP contribution in [0.25, 0.3) is 0 Å². The third kappa shape index (κ3) is 3.58. The summed E-state index contributed by atoms with van der Waals surface area (Å²) < 4.78 is 0. The molecule has 4 nitrogen and oxygen atoms in total. The quantitative estimate of drug-likeness (QED) is 0.875. The molecule has 112 valence electrons. The van der Waals surface area contributed by atoms with Gasteiger partial charge < -0.3 is 5.11 Å². The third-order valence-electron chi connectivity index (χ3n) is 4.38. The Kier molecular flexibility index (Phi) is 5.16. The number of hydrogen-bond donors (Lipinski definition) is 1. The van der Waals surface area contributed by atoms with Gasteiger partial charge in [-0.25, -0.2) is 4.98 Å². The maximum Gasteiger partial charge on any atom is 0.305 e. The summed E-state index contributed by atoms with van der Waals surface area (Å²) >= 11 is 1.70. The van der Waals surface area contributed by atoms with E-state index >= 15 is 0 Å². The lowest BCUT2D eigenvalue weighted by atomic mass is 9.78. The molecular weight excluding hydrogens is 272 g/mol. The van der Waals surface area contributed by atoms with Gasteiger partial charge in [0.15, 0.2) is 0 Å². The zero-order valence-electron chi connectivity index (χ0n) is 12.4. The molecule has 1 aliphatic carbocycles. The Bertz CT molecular complexity index is 452. The largest absolute Gasteiger partial charge is 0.481 e. The van der Waals surface area contributed by atoms with Crippen molar-refractivity contribution in [1.29, 1.82) is 0 Å². The molecule has 0 spiro atoms. The number of aliphatic carboxylic acids is 1. The van der Waals surface area contributed by atoms with Gasteiger partial charge in [-0.3, -0.25) is 9.69 Å². The second-order valence-electron chi connectivity index (χ2n) is 5.80. The average molecular weight is 296 g/mol. The summed E-state index contributed by atoms with van der Waals surface area (Å²) in [6, 6.07) is 0. The third-order valence-corrected chi connectivity index (χ3v) is 5.42. The minimum absolute atomic E-state index is 0.180. The zero-order valence-corrected chi connectivity index (χ0v) is 13.2. The minimum Gasteiger partial charge on any atom is -0.481 e. The second kappa shape index (κ2) is 6.68.